The highest BCUT2D eigenvalue weighted by molar-refractivity contribution is 7.92. The Kier molecular flexibility index (Phi) is 9.35. The molecule has 0 spiro atoms. The van der Waals surface area contributed by atoms with Gasteiger partial charge in [-0.05, 0) is 43.0 Å². The number of rotatable bonds is 4. The molecule has 2 atom stereocenters. The number of carboxylic acid groups (broad SMARTS) is 1. The monoisotopic (exact) mass is 508 g/mol. The lowest BCUT2D eigenvalue weighted by atomic mass is 10.0. The summed E-state index contributed by atoms with van der Waals surface area (Å²) in [5.74, 6) is -1.36. The Morgan fingerprint density at radius 2 is 1.68 bits per heavy atom. The fourth-order valence-corrected chi connectivity index (χ4v) is 6.32. The van der Waals surface area contributed by atoms with E-state index >= 15 is 0 Å². The summed E-state index contributed by atoms with van der Waals surface area (Å²) in [6, 6.07) is 7.10. The van der Waals surface area contributed by atoms with Crippen molar-refractivity contribution < 1.29 is 41.0 Å². The second-order valence-electron chi connectivity index (χ2n) is 8.76. The Balaban J connectivity index is 0.000000509. The fraction of sp³-hybridized carbons (Fsp3) is 0.636. The molecular weight excluding hydrogens is 477 g/mol. The first-order chi connectivity index (χ1) is 15.8. The third-order valence-corrected chi connectivity index (χ3v) is 8.09. The number of likely N-dealkylation sites (tertiary alicyclic amines) is 1. The van der Waals surface area contributed by atoms with Crippen molar-refractivity contribution in [3.8, 4) is 5.75 Å². The van der Waals surface area contributed by atoms with Crippen LogP contribution in [0.3, 0.4) is 0 Å². The van der Waals surface area contributed by atoms with Crippen LogP contribution in [0, 0.1) is 5.92 Å². The molecule has 1 aromatic rings. The van der Waals surface area contributed by atoms with Crippen LogP contribution in [-0.2, 0) is 14.6 Å². The molecule has 0 unspecified atom stereocenters. The average Bonchev–Trinajstić information content (AvgIpc) is 2.99. The standard InChI is InChI=1S/C20H30N2O4S.C2HF3O2/c1-15(2)14-22-12-13-27(24,25)19-9-11-21(10-8-18(19)22)20(23)16-4-6-17(26-3)7-5-16;3-2(4,5)1(6)7/h4-7,15,18-19H,8-14H2,1-3H3;(H,6,7)/t18-,19+;/m0./s1. The normalized spacial score (nSPS) is 22.7. The van der Waals surface area contributed by atoms with E-state index in [-0.39, 0.29) is 23.0 Å². The predicted octanol–water partition coefficient (Wildman–Crippen LogP) is 2.69. The largest absolute Gasteiger partial charge is 0.497 e. The van der Waals surface area contributed by atoms with Gasteiger partial charge >= 0.3 is 12.1 Å². The smallest absolute Gasteiger partial charge is 0.490 e. The van der Waals surface area contributed by atoms with E-state index in [0.717, 1.165) is 6.54 Å². The van der Waals surface area contributed by atoms with Crippen molar-refractivity contribution in [1.29, 1.82) is 0 Å². The van der Waals surface area contributed by atoms with Crippen LogP contribution in [0.5, 0.6) is 5.75 Å². The minimum atomic E-state index is -5.08. The lowest BCUT2D eigenvalue weighted by Gasteiger charge is -2.40. The second kappa shape index (κ2) is 11.4. The number of ether oxygens (including phenoxy) is 1. The van der Waals surface area contributed by atoms with Gasteiger partial charge in [-0.2, -0.15) is 13.2 Å². The molecule has 1 N–H and O–H groups in total. The molecule has 3 rings (SSSR count). The summed E-state index contributed by atoms with van der Waals surface area (Å²) in [7, 11) is -1.50. The molecule has 2 aliphatic heterocycles. The van der Waals surface area contributed by atoms with E-state index in [1.165, 1.54) is 0 Å². The number of sulfone groups is 1. The summed E-state index contributed by atoms with van der Waals surface area (Å²) < 4.78 is 62.2. The van der Waals surface area contributed by atoms with E-state index in [9.17, 15) is 26.4 Å². The highest BCUT2D eigenvalue weighted by Gasteiger charge is 2.43. The van der Waals surface area contributed by atoms with Gasteiger partial charge in [-0.15, -0.1) is 0 Å². The van der Waals surface area contributed by atoms with Crippen LogP contribution in [0.25, 0.3) is 0 Å². The molecule has 12 heteroatoms. The van der Waals surface area contributed by atoms with Gasteiger partial charge in [0.1, 0.15) is 5.75 Å². The van der Waals surface area contributed by atoms with Gasteiger partial charge in [-0.1, -0.05) is 13.8 Å². The number of hydrogen-bond acceptors (Lipinski definition) is 6. The Morgan fingerprint density at radius 1 is 1.12 bits per heavy atom. The number of nitrogens with zero attached hydrogens (tertiary/aromatic N) is 2. The lowest BCUT2D eigenvalue weighted by molar-refractivity contribution is -0.192. The summed E-state index contributed by atoms with van der Waals surface area (Å²) in [4.78, 5) is 25.9. The van der Waals surface area contributed by atoms with Crippen molar-refractivity contribution >= 4 is 21.7 Å². The summed E-state index contributed by atoms with van der Waals surface area (Å²) in [5.41, 5.74) is 0.613. The number of carbonyl (C=O) groups is 2. The SMILES string of the molecule is COc1ccc(C(=O)N2CC[C@@H]3[C@H](CC2)N(CC(C)C)CCS3(=O)=O)cc1.O=C(O)C(F)(F)F. The quantitative estimate of drug-likeness (QED) is 0.667. The molecule has 0 bridgehead atoms. The maximum atomic E-state index is 12.9. The molecular formula is C22H31F3N2O6S. The zero-order valence-electron chi connectivity index (χ0n) is 19.4. The van der Waals surface area contributed by atoms with Gasteiger partial charge in [-0.3, -0.25) is 9.69 Å². The minimum Gasteiger partial charge on any atom is -0.497 e. The van der Waals surface area contributed by atoms with E-state index in [1.54, 1.807) is 31.4 Å². The van der Waals surface area contributed by atoms with Gasteiger partial charge in [0.25, 0.3) is 5.91 Å². The van der Waals surface area contributed by atoms with Crippen LogP contribution in [0.15, 0.2) is 24.3 Å². The summed E-state index contributed by atoms with van der Waals surface area (Å²) in [6.45, 7) is 6.91. The molecule has 0 saturated carbocycles. The number of carbonyl (C=O) groups excluding carboxylic acids is 1. The molecule has 34 heavy (non-hydrogen) atoms. The molecule has 2 heterocycles. The number of benzene rings is 1. The number of hydrogen-bond donors (Lipinski definition) is 1. The van der Waals surface area contributed by atoms with Crippen LogP contribution in [0.2, 0.25) is 0 Å². The first-order valence-electron chi connectivity index (χ1n) is 10.9. The predicted molar refractivity (Wildman–Crippen MR) is 120 cm³/mol. The number of carboxylic acids is 1. The van der Waals surface area contributed by atoms with Crippen LogP contribution in [-0.4, -0.2) is 91.7 Å². The summed E-state index contributed by atoms with van der Waals surface area (Å²) in [6.07, 6.45) is -3.86. The molecule has 0 aliphatic carbocycles. The van der Waals surface area contributed by atoms with E-state index in [0.29, 0.717) is 49.7 Å². The molecule has 0 aromatic heterocycles. The van der Waals surface area contributed by atoms with Crippen molar-refractivity contribution in [2.24, 2.45) is 5.92 Å². The van der Waals surface area contributed by atoms with Gasteiger partial charge < -0.3 is 14.7 Å². The Hall–Kier alpha value is -2.34. The first-order valence-corrected chi connectivity index (χ1v) is 12.7. The number of methoxy groups -OCH3 is 1. The van der Waals surface area contributed by atoms with E-state index in [2.05, 4.69) is 18.7 Å². The molecule has 2 fully saturated rings. The fourth-order valence-electron chi connectivity index (χ4n) is 4.27. The maximum absolute atomic E-state index is 12.9. The number of fused-ring (bicyclic) bond motifs is 1. The lowest BCUT2D eigenvalue weighted by Crippen LogP contribution is -2.55. The zero-order chi connectivity index (χ0) is 25.7. The Bertz CT molecular complexity index is 950. The Morgan fingerprint density at radius 3 is 2.18 bits per heavy atom. The second-order valence-corrected chi connectivity index (χ2v) is 11.1. The topological polar surface area (TPSA) is 104 Å². The van der Waals surface area contributed by atoms with Crippen molar-refractivity contribution in [3.63, 3.8) is 0 Å². The highest BCUT2D eigenvalue weighted by atomic mass is 32.2. The van der Waals surface area contributed by atoms with Crippen LogP contribution < -0.4 is 4.74 Å². The first kappa shape index (κ1) is 27.9. The van der Waals surface area contributed by atoms with Crippen molar-refractivity contribution in [2.75, 3.05) is 39.0 Å². The van der Waals surface area contributed by atoms with E-state index in [4.69, 9.17) is 14.6 Å². The molecule has 1 amide bonds. The highest BCUT2D eigenvalue weighted by Crippen LogP contribution is 2.29. The third kappa shape index (κ3) is 7.33. The van der Waals surface area contributed by atoms with Crippen molar-refractivity contribution in [1.82, 2.24) is 9.80 Å². The van der Waals surface area contributed by atoms with Crippen LogP contribution in [0.4, 0.5) is 13.2 Å². The van der Waals surface area contributed by atoms with Crippen LogP contribution >= 0.6 is 0 Å². The van der Waals surface area contributed by atoms with E-state index in [1.807, 2.05) is 4.90 Å². The van der Waals surface area contributed by atoms with Crippen LogP contribution in [0.1, 0.15) is 37.0 Å². The van der Waals surface area contributed by atoms with Gasteiger partial charge in [0.15, 0.2) is 9.84 Å². The molecule has 2 saturated heterocycles. The minimum absolute atomic E-state index is 0.0137. The zero-order valence-corrected chi connectivity index (χ0v) is 20.2. The van der Waals surface area contributed by atoms with Crippen molar-refractivity contribution in [2.45, 2.75) is 44.2 Å². The molecule has 1 aromatic carbocycles. The molecule has 192 valence electrons. The number of halogens is 3. The maximum Gasteiger partial charge on any atom is 0.490 e. The number of aliphatic carboxylic acids is 1. The third-order valence-electron chi connectivity index (χ3n) is 5.87. The van der Waals surface area contributed by atoms with Crippen molar-refractivity contribution in [3.05, 3.63) is 29.8 Å². The molecule has 0 radical (unpaired) electrons. The summed E-state index contributed by atoms with van der Waals surface area (Å²) in [5, 5.41) is 6.76. The van der Waals surface area contributed by atoms with Gasteiger partial charge in [0.05, 0.1) is 18.1 Å². The molecule has 2 aliphatic rings. The number of amides is 1. The molecule has 8 nitrogen and oxygen atoms in total. The number of alkyl halides is 3. The van der Waals surface area contributed by atoms with Gasteiger partial charge in [0, 0.05) is 37.8 Å². The van der Waals surface area contributed by atoms with Gasteiger partial charge in [0.2, 0.25) is 0 Å². The van der Waals surface area contributed by atoms with Gasteiger partial charge in [-0.25, -0.2) is 13.2 Å². The average molecular weight is 509 g/mol. The summed E-state index contributed by atoms with van der Waals surface area (Å²) >= 11 is 0. The van der Waals surface area contributed by atoms with E-state index < -0.39 is 22.0 Å². The Labute approximate surface area is 197 Å².